The van der Waals surface area contributed by atoms with E-state index < -0.39 is 5.82 Å². The van der Waals surface area contributed by atoms with Gasteiger partial charge >= 0.3 is 0 Å². The molecule has 0 aliphatic rings. The summed E-state index contributed by atoms with van der Waals surface area (Å²) < 4.78 is 13.1. The van der Waals surface area contributed by atoms with Crippen LogP contribution in [0.15, 0.2) is 36.0 Å². The fourth-order valence-corrected chi connectivity index (χ4v) is 0.991. The second kappa shape index (κ2) is 5.08. The van der Waals surface area contributed by atoms with Gasteiger partial charge in [0.25, 0.3) is 0 Å². The van der Waals surface area contributed by atoms with Crippen LogP contribution in [0.2, 0.25) is 0 Å². The molecule has 0 heterocycles. The smallest absolute Gasteiger partial charge is 0.146 e. The summed E-state index contributed by atoms with van der Waals surface area (Å²) in [6.07, 6.45) is 1.28. The van der Waals surface area contributed by atoms with Crippen molar-refractivity contribution in [2.45, 2.75) is 0 Å². The number of para-hydroxylation sites is 1. The Kier molecular flexibility index (Phi) is 3.77. The predicted molar refractivity (Wildman–Crippen MR) is 60.5 cm³/mol. The molecule has 1 rings (SSSR count). The number of halogens is 1. The Balaban J connectivity index is 2.85. The lowest BCUT2D eigenvalue weighted by molar-refractivity contribution is 0.632. The Morgan fingerprint density at radius 3 is 2.73 bits per heavy atom. The topological polar surface area (TPSA) is 61.8 Å². The van der Waals surface area contributed by atoms with Crippen molar-refractivity contribution in [3.63, 3.8) is 0 Å². The average molecular weight is 221 g/mol. The first-order valence-corrected chi connectivity index (χ1v) is 4.47. The van der Waals surface area contributed by atoms with Gasteiger partial charge in [-0.25, -0.2) is 4.39 Å². The van der Waals surface area contributed by atoms with Gasteiger partial charge in [-0.15, -0.1) is 0 Å². The van der Waals surface area contributed by atoms with E-state index in [-0.39, 0.29) is 16.2 Å². The van der Waals surface area contributed by atoms with Crippen molar-refractivity contribution in [2.24, 2.45) is 5.73 Å². The van der Waals surface area contributed by atoms with E-state index in [1.807, 2.05) is 0 Å². The highest BCUT2D eigenvalue weighted by Gasteiger charge is 2.00. The number of hydrogen-bond acceptors (Lipinski definition) is 3. The summed E-state index contributed by atoms with van der Waals surface area (Å²) >= 11 is 4.62. The molecule has 3 N–H and O–H groups in total. The molecule has 15 heavy (non-hydrogen) atoms. The molecular formula is C10H8FN3S. The quantitative estimate of drug-likeness (QED) is 0.465. The minimum atomic E-state index is -0.408. The van der Waals surface area contributed by atoms with E-state index in [0.29, 0.717) is 0 Å². The summed E-state index contributed by atoms with van der Waals surface area (Å²) in [6.45, 7) is 0. The molecule has 0 aliphatic heterocycles. The summed E-state index contributed by atoms with van der Waals surface area (Å²) in [5.74, 6) is -0.408. The molecule has 0 unspecified atom stereocenters. The molecule has 76 valence electrons. The molecule has 0 atom stereocenters. The number of nitrogens with one attached hydrogen (secondary N) is 1. The predicted octanol–water partition coefficient (Wildman–Crippen LogP) is 1.93. The first-order chi connectivity index (χ1) is 7.15. The van der Waals surface area contributed by atoms with E-state index >= 15 is 0 Å². The van der Waals surface area contributed by atoms with Crippen LogP contribution in [0.3, 0.4) is 0 Å². The van der Waals surface area contributed by atoms with E-state index in [2.05, 4.69) is 17.5 Å². The van der Waals surface area contributed by atoms with Gasteiger partial charge in [-0.2, -0.15) is 5.26 Å². The van der Waals surface area contributed by atoms with Gasteiger partial charge in [0.2, 0.25) is 0 Å². The summed E-state index contributed by atoms with van der Waals surface area (Å²) in [6, 6.07) is 7.90. The molecule has 0 aliphatic carbocycles. The summed E-state index contributed by atoms with van der Waals surface area (Å²) in [5, 5.41) is 11.2. The fraction of sp³-hybridized carbons (Fsp3) is 0. The Morgan fingerprint density at radius 2 is 2.20 bits per heavy atom. The standard InChI is InChI=1S/C10H8FN3S/c11-8-3-1-2-4-9(8)14-6-7(5-12)10(13)15/h1-4,6,14H,(H2,13,15)/b7-6+. The van der Waals surface area contributed by atoms with E-state index in [9.17, 15) is 4.39 Å². The van der Waals surface area contributed by atoms with E-state index in [1.54, 1.807) is 24.3 Å². The number of nitriles is 1. The molecule has 0 radical (unpaired) electrons. The fourth-order valence-electron chi connectivity index (χ4n) is 0.887. The number of rotatable bonds is 3. The lowest BCUT2D eigenvalue weighted by Gasteiger charge is -2.02. The molecule has 0 bridgehead atoms. The summed E-state index contributed by atoms with van der Waals surface area (Å²) in [5.41, 5.74) is 5.63. The molecule has 0 saturated carbocycles. The van der Waals surface area contributed by atoms with Gasteiger partial charge in [-0.1, -0.05) is 24.4 Å². The highest BCUT2D eigenvalue weighted by molar-refractivity contribution is 7.80. The minimum Gasteiger partial charge on any atom is -0.389 e. The Labute approximate surface area is 92.0 Å². The van der Waals surface area contributed by atoms with Crippen molar-refractivity contribution in [1.29, 1.82) is 5.26 Å². The number of benzene rings is 1. The second-order valence-corrected chi connectivity index (χ2v) is 3.10. The lowest BCUT2D eigenvalue weighted by Crippen LogP contribution is -2.11. The third-order valence-corrected chi connectivity index (χ3v) is 1.85. The molecule has 0 spiro atoms. The Morgan fingerprint density at radius 1 is 1.53 bits per heavy atom. The molecular weight excluding hydrogens is 213 g/mol. The third kappa shape index (κ3) is 3.04. The van der Waals surface area contributed by atoms with Crippen molar-refractivity contribution >= 4 is 22.9 Å². The number of thiocarbonyl (C=S) groups is 1. The van der Waals surface area contributed by atoms with Crippen LogP contribution in [0.1, 0.15) is 0 Å². The molecule has 0 amide bonds. The van der Waals surface area contributed by atoms with E-state index in [4.69, 9.17) is 11.0 Å². The first-order valence-electron chi connectivity index (χ1n) is 4.06. The molecule has 3 nitrogen and oxygen atoms in total. The first kappa shape index (κ1) is 11.1. The van der Waals surface area contributed by atoms with Gasteiger partial charge in [-0.05, 0) is 12.1 Å². The van der Waals surface area contributed by atoms with Crippen LogP contribution in [-0.2, 0) is 0 Å². The second-order valence-electron chi connectivity index (χ2n) is 2.66. The van der Waals surface area contributed by atoms with Crippen molar-refractivity contribution < 1.29 is 4.39 Å². The molecule has 1 aromatic carbocycles. The number of hydrogen-bond donors (Lipinski definition) is 2. The number of anilines is 1. The van der Waals surface area contributed by atoms with Crippen molar-refractivity contribution in [2.75, 3.05) is 5.32 Å². The largest absolute Gasteiger partial charge is 0.389 e. The van der Waals surface area contributed by atoms with Crippen molar-refractivity contribution in [3.05, 3.63) is 41.9 Å². The van der Waals surface area contributed by atoms with Crippen LogP contribution in [0, 0.1) is 17.1 Å². The van der Waals surface area contributed by atoms with Gasteiger partial charge < -0.3 is 11.1 Å². The molecule has 5 heteroatoms. The van der Waals surface area contributed by atoms with Crippen LogP contribution in [0.5, 0.6) is 0 Å². The zero-order valence-corrected chi connectivity index (χ0v) is 8.51. The van der Waals surface area contributed by atoms with Gasteiger partial charge in [0.15, 0.2) is 0 Å². The van der Waals surface area contributed by atoms with E-state index in [0.717, 1.165) is 0 Å². The maximum Gasteiger partial charge on any atom is 0.146 e. The van der Waals surface area contributed by atoms with Crippen molar-refractivity contribution in [1.82, 2.24) is 0 Å². The number of nitrogens with two attached hydrogens (primary N) is 1. The van der Waals surface area contributed by atoms with Gasteiger partial charge in [-0.3, -0.25) is 0 Å². The summed E-state index contributed by atoms with van der Waals surface area (Å²) in [4.78, 5) is -0.0265. The van der Waals surface area contributed by atoms with Crippen LogP contribution in [0.4, 0.5) is 10.1 Å². The zero-order chi connectivity index (χ0) is 11.3. The Hall–Kier alpha value is -1.93. The van der Waals surface area contributed by atoms with Crippen LogP contribution >= 0.6 is 12.2 Å². The molecule has 0 aromatic heterocycles. The lowest BCUT2D eigenvalue weighted by atomic mass is 10.3. The van der Waals surface area contributed by atoms with Gasteiger partial charge in [0.05, 0.1) is 5.69 Å². The average Bonchev–Trinajstić information content (AvgIpc) is 2.21. The SMILES string of the molecule is N#C/C(=C\Nc1ccccc1F)C(N)=S. The highest BCUT2D eigenvalue weighted by Crippen LogP contribution is 2.12. The highest BCUT2D eigenvalue weighted by atomic mass is 32.1. The number of nitrogens with zero attached hydrogens (tertiary/aromatic N) is 1. The van der Waals surface area contributed by atoms with E-state index in [1.165, 1.54) is 12.3 Å². The molecule has 0 saturated heterocycles. The zero-order valence-electron chi connectivity index (χ0n) is 7.70. The molecule has 0 fully saturated rings. The molecule has 1 aromatic rings. The summed E-state index contributed by atoms with van der Waals surface area (Å²) in [7, 11) is 0. The minimum absolute atomic E-state index is 0.0265. The van der Waals surface area contributed by atoms with Crippen LogP contribution < -0.4 is 11.1 Å². The van der Waals surface area contributed by atoms with Crippen LogP contribution in [0.25, 0.3) is 0 Å². The van der Waals surface area contributed by atoms with Gasteiger partial charge in [0, 0.05) is 6.20 Å². The third-order valence-electron chi connectivity index (χ3n) is 1.63. The maximum absolute atomic E-state index is 13.1. The van der Waals surface area contributed by atoms with Crippen molar-refractivity contribution in [3.8, 4) is 6.07 Å². The van der Waals surface area contributed by atoms with Gasteiger partial charge in [0.1, 0.15) is 22.4 Å². The monoisotopic (exact) mass is 221 g/mol. The maximum atomic E-state index is 13.1. The van der Waals surface area contributed by atoms with Crippen LogP contribution in [-0.4, -0.2) is 4.99 Å². The normalized spacial score (nSPS) is 10.5. The Bertz CT molecular complexity index is 448.